The number of allylic oxidation sites excluding steroid dienone is 1. The van der Waals surface area contributed by atoms with Gasteiger partial charge in [0.05, 0.1) is 12.2 Å². The van der Waals surface area contributed by atoms with Gasteiger partial charge in [0, 0.05) is 12.0 Å². The highest BCUT2D eigenvalue weighted by molar-refractivity contribution is 4.95. The molecule has 0 saturated carbocycles. The highest BCUT2D eigenvalue weighted by atomic mass is 16.5. The average molecular weight is 237 g/mol. The van der Waals surface area contributed by atoms with E-state index < -0.39 is 0 Å². The van der Waals surface area contributed by atoms with Crippen molar-refractivity contribution in [2.45, 2.75) is 70.1 Å². The molecule has 0 aromatic carbocycles. The summed E-state index contributed by atoms with van der Waals surface area (Å²) >= 11 is 0. The number of ether oxygens (including phenoxy) is 1. The lowest BCUT2D eigenvalue weighted by atomic mass is 9.82. The quantitative estimate of drug-likeness (QED) is 0.517. The van der Waals surface area contributed by atoms with Crippen molar-refractivity contribution in [3.63, 3.8) is 0 Å². The van der Waals surface area contributed by atoms with Crippen molar-refractivity contribution in [2.24, 2.45) is 5.92 Å². The Kier molecular flexibility index (Phi) is 5.05. The first-order valence-corrected chi connectivity index (χ1v) is 7.35. The number of hydrogen-bond donors (Lipinski definition) is 1. The van der Waals surface area contributed by atoms with Gasteiger partial charge in [-0.1, -0.05) is 13.0 Å². The lowest BCUT2D eigenvalue weighted by Crippen LogP contribution is -2.41. The minimum atomic E-state index is 0.554. The molecule has 2 fully saturated rings. The summed E-state index contributed by atoms with van der Waals surface area (Å²) in [5, 5.41) is 3.74. The number of unbranched alkanes of at least 4 members (excludes halogenated alkanes) is 1. The predicted octanol–water partition coefficient (Wildman–Crippen LogP) is 3.28. The van der Waals surface area contributed by atoms with Crippen molar-refractivity contribution in [1.29, 1.82) is 0 Å². The van der Waals surface area contributed by atoms with Gasteiger partial charge in [0.2, 0.25) is 0 Å². The third-order valence-corrected chi connectivity index (χ3v) is 4.25. The minimum Gasteiger partial charge on any atom is -0.375 e. The molecular formula is C15H27NO. The minimum absolute atomic E-state index is 0.554. The van der Waals surface area contributed by atoms with E-state index in [1.807, 2.05) is 6.08 Å². The molecule has 0 aliphatic carbocycles. The Hall–Kier alpha value is -0.340. The van der Waals surface area contributed by atoms with E-state index in [2.05, 4.69) is 18.8 Å². The lowest BCUT2D eigenvalue weighted by molar-refractivity contribution is 0.0848. The molecule has 17 heavy (non-hydrogen) atoms. The number of fused-ring (bicyclic) bond motifs is 2. The van der Waals surface area contributed by atoms with Crippen LogP contribution in [0.4, 0.5) is 0 Å². The maximum atomic E-state index is 5.99. The molecule has 2 rings (SSSR count). The molecule has 0 radical (unpaired) electrons. The zero-order valence-electron chi connectivity index (χ0n) is 11.2. The van der Waals surface area contributed by atoms with Gasteiger partial charge in [0.25, 0.3) is 0 Å². The zero-order valence-corrected chi connectivity index (χ0v) is 11.2. The molecular weight excluding hydrogens is 210 g/mol. The molecule has 1 N–H and O–H groups in total. The van der Waals surface area contributed by atoms with Crippen molar-refractivity contribution >= 4 is 0 Å². The molecule has 0 amide bonds. The maximum absolute atomic E-state index is 5.99. The summed E-state index contributed by atoms with van der Waals surface area (Å²) in [4.78, 5) is 0. The van der Waals surface area contributed by atoms with Gasteiger partial charge in [-0.15, -0.1) is 6.58 Å². The Morgan fingerprint density at radius 2 is 2.35 bits per heavy atom. The summed E-state index contributed by atoms with van der Waals surface area (Å²) in [5.41, 5.74) is 0. The molecule has 2 heterocycles. The van der Waals surface area contributed by atoms with E-state index >= 15 is 0 Å². The molecule has 2 aliphatic rings. The van der Waals surface area contributed by atoms with E-state index in [1.165, 1.54) is 38.5 Å². The van der Waals surface area contributed by atoms with E-state index in [-0.39, 0.29) is 0 Å². The van der Waals surface area contributed by atoms with Crippen LogP contribution in [0.25, 0.3) is 0 Å². The van der Waals surface area contributed by atoms with E-state index in [1.54, 1.807) is 0 Å². The fourth-order valence-electron chi connectivity index (χ4n) is 3.38. The average Bonchev–Trinajstić information content (AvgIpc) is 2.95. The van der Waals surface area contributed by atoms with Gasteiger partial charge < -0.3 is 10.1 Å². The highest BCUT2D eigenvalue weighted by Crippen LogP contribution is 2.41. The summed E-state index contributed by atoms with van der Waals surface area (Å²) in [5.74, 6) is 0.769. The normalized spacial score (nSPS) is 32.9. The molecule has 2 aliphatic heterocycles. The Labute approximate surface area is 106 Å². The van der Waals surface area contributed by atoms with Gasteiger partial charge in [-0.3, -0.25) is 0 Å². The second-order valence-corrected chi connectivity index (χ2v) is 5.55. The second kappa shape index (κ2) is 6.55. The van der Waals surface area contributed by atoms with Crippen molar-refractivity contribution in [3.05, 3.63) is 12.7 Å². The van der Waals surface area contributed by atoms with Crippen molar-refractivity contribution in [2.75, 3.05) is 6.54 Å². The smallest absolute Gasteiger partial charge is 0.0623 e. The van der Waals surface area contributed by atoms with Crippen LogP contribution in [0.5, 0.6) is 0 Å². The van der Waals surface area contributed by atoms with Gasteiger partial charge in [-0.25, -0.2) is 0 Å². The summed E-state index contributed by atoms with van der Waals surface area (Å²) < 4.78 is 5.99. The van der Waals surface area contributed by atoms with Crippen LogP contribution in [-0.4, -0.2) is 24.8 Å². The maximum Gasteiger partial charge on any atom is 0.0623 e. The van der Waals surface area contributed by atoms with E-state index in [0.717, 1.165) is 18.9 Å². The summed E-state index contributed by atoms with van der Waals surface area (Å²) in [6.45, 7) is 7.20. The predicted molar refractivity (Wildman–Crippen MR) is 72.1 cm³/mol. The highest BCUT2D eigenvalue weighted by Gasteiger charge is 2.43. The fourth-order valence-corrected chi connectivity index (χ4v) is 3.38. The Morgan fingerprint density at radius 1 is 1.47 bits per heavy atom. The van der Waals surface area contributed by atoms with Crippen LogP contribution in [0, 0.1) is 5.92 Å². The lowest BCUT2D eigenvalue weighted by Gasteiger charge is -2.29. The van der Waals surface area contributed by atoms with Crippen LogP contribution < -0.4 is 5.32 Å². The Bertz CT molecular complexity index is 241. The summed E-state index contributed by atoms with van der Waals surface area (Å²) in [6.07, 6.45) is 12.0. The summed E-state index contributed by atoms with van der Waals surface area (Å²) in [6, 6.07) is 0.671. The van der Waals surface area contributed by atoms with Gasteiger partial charge in [0.1, 0.15) is 0 Å². The molecule has 2 saturated heterocycles. The number of nitrogens with one attached hydrogen (secondary N) is 1. The van der Waals surface area contributed by atoms with Crippen molar-refractivity contribution in [3.8, 4) is 0 Å². The van der Waals surface area contributed by atoms with Crippen LogP contribution in [0.3, 0.4) is 0 Å². The van der Waals surface area contributed by atoms with Crippen LogP contribution in [0.15, 0.2) is 12.7 Å². The van der Waals surface area contributed by atoms with Crippen molar-refractivity contribution < 1.29 is 4.74 Å². The molecule has 4 atom stereocenters. The third-order valence-electron chi connectivity index (χ3n) is 4.25. The van der Waals surface area contributed by atoms with Gasteiger partial charge in [0.15, 0.2) is 0 Å². The molecule has 2 nitrogen and oxygen atoms in total. The van der Waals surface area contributed by atoms with Crippen LogP contribution >= 0.6 is 0 Å². The molecule has 2 bridgehead atoms. The summed E-state index contributed by atoms with van der Waals surface area (Å²) in [7, 11) is 0. The topological polar surface area (TPSA) is 21.3 Å². The molecule has 0 spiro atoms. The molecule has 0 aromatic rings. The first-order chi connectivity index (χ1) is 8.35. The first-order valence-electron chi connectivity index (χ1n) is 7.35. The van der Waals surface area contributed by atoms with Crippen LogP contribution in [-0.2, 0) is 4.74 Å². The standard InChI is InChI=1S/C15H27NO/c1-3-5-6-7-14(16-10-4-2)13-11-12-8-9-15(13)17-12/h3,12-16H,1,4-11H2,2H3. The Balaban J connectivity index is 1.83. The molecule has 98 valence electrons. The molecule has 4 unspecified atom stereocenters. The van der Waals surface area contributed by atoms with E-state index in [0.29, 0.717) is 18.2 Å². The molecule has 0 aromatic heterocycles. The van der Waals surface area contributed by atoms with E-state index in [9.17, 15) is 0 Å². The fraction of sp³-hybridized carbons (Fsp3) is 0.867. The monoisotopic (exact) mass is 237 g/mol. The van der Waals surface area contributed by atoms with Gasteiger partial charge >= 0.3 is 0 Å². The van der Waals surface area contributed by atoms with Crippen LogP contribution in [0.1, 0.15) is 51.9 Å². The molecule has 2 heteroatoms. The SMILES string of the molecule is C=CCCCC(NCCC)C1CC2CCC1O2. The third kappa shape index (κ3) is 3.32. The van der Waals surface area contributed by atoms with Crippen LogP contribution in [0.2, 0.25) is 0 Å². The zero-order chi connectivity index (χ0) is 12.1. The largest absolute Gasteiger partial charge is 0.375 e. The number of hydrogen-bond acceptors (Lipinski definition) is 2. The van der Waals surface area contributed by atoms with Crippen molar-refractivity contribution in [1.82, 2.24) is 5.32 Å². The second-order valence-electron chi connectivity index (χ2n) is 5.55. The van der Waals surface area contributed by atoms with E-state index in [4.69, 9.17) is 4.74 Å². The Morgan fingerprint density at radius 3 is 2.94 bits per heavy atom. The van der Waals surface area contributed by atoms with Gasteiger partial charge in [-0.05, 0) is 51.5 Å². The first kappa shape index (κ1) is 13.1. The van der Waals surface area contributed by atoms with Gasteiger partial charge in [-0.2, -0.15) is 0 Å². The number of rotatable bonds is 8.